The van der Waals surface area contributed by atoms with Crippen LogP contribution in [0, 0.1) is 0 Å². The van der Waals surface area contributed by atoms with Gasteiger partial charge in [0.05, 0.1) is 0 Å². The predicted molar refractivity (Wildman–Crippen MR) is 77.5 cm³/mol. The summed E-state index contributed by atoms with van der Waals surface area (Å²) in [4.78, 5) is 7.07. The van der Waals surface area contributed by atoms with Crippen molar-refractivity contribution in [2.75, 3.05) is 24.5 Å². The lowest BCUT2D eigenvalue weighted by molar-refractivity contribution is 0.577. The summed E-state index contributed by atoms with van der Waals surface area (Å²) in [6, 6.07) is 0.628. The van der Waals surface area contributed by atoms with Gasteiger partial charge in [0.1, 0.15) is 5.82 Å². The minimum atomic E-state index is 0.420. The third-order valence-corrected chi connectivity index (χ3v) is 4.11. The smallest absolute Gasteiger partial charge is 0.205 e. The lowest BCUT2D eigenvalue weighted by Gasteiger charge is -2.24. The fourth-order valence-corrected chi connectivity index (χ4v) is 3.15. The molecule has 1 aromatic heterocycles. The Balaban J connectivity index is 2.02. The maximum atomic E-state index is 4.68. The van der Waals surface area contributed by atoms with Crippen LogP contribution in [0.2, 0.25) is 0 Å². The van der Waals surface area contributed by atoms with Crippen LogP contribution in [-0.2, 0) is 0 Å². The Morgan fingerprint density at radius 1 is 1.50 bits per heavy atom. The lowest BCUT2D eigenvalue weighted by Crippen LogP contribution is -2.38. The molecule has 1 N–H and O–H groups in total. The van der Waals surface area contributed by atoms with E-state index in [0.29, 0.717) is 12.0 Å². The van der Waals surface area contributed by atoms with E-state index in [4.69, 9.17) is 0 Å². The Morgan fingerprint density at radius 2 is 2.33 bits per heavy atom. The van der Waals surface area contributed by atoms with Gasteiger partial charge in [0.2, 0.25) is 5.13 Å². The summed E-state index contributed by atoms with van der Waals surface area (Å²) in [7, 11) is 0. The van der Waals surface area contributed by atoms with E-state index in [1.807, 2.05) is 0 Å². The van der Waals surface area contributed by atoms with Crippen molar-refractivity contribution in [1.82, 2.24) is 14.7 Å². The normalized spacial score (nSPS) is 19.7. The molecular weight excluding hydrogens is 244 g/mol. The van der Waals surface area contributed by atoms with Gasteiger partial charge < -0.3 is 10.2 Å². The van der Waals surface area contributed by atoms with E-state index < -0.39 is 0 Å². The Bertz CT molecular complexity index is 358. The first-order valence-corrected chi connectivity index (χ1v) is 7.80. The topological polar surface area (TPSA) is 41.0 Å². The van der Waals surface area contributed by atoms with Crippen LogP contribution in [0.4, 0.5) is 5.13 Å². The van der Waals surface area contributed by atoms with Crippen molar-refractivity contribution in [3.05, 3.63) is 5.82 Å². The second-order valence-electron chi connectivity index (χ2n) is 5.33. The highest BCUT2D eigenvalue weighted by atomic mass is 32.1. The first-order chi connectivity index (χ1) is 8.70. The van der Waals surface area contributed by atoms with Crippen molar-refractivity contribution >= 4 is 16.7 Å². The number of nitrogens with one attached hydrogen (secondary N) is 1. The van der Waals surface area contributed by atoms with Gasteiger partial charge in [0.25, 0.3) is 0 Å². The zero-order chi connectivity index (χ0) is 13.0. The Kier molecular flexibility index (Phi) is 4.95. The highest BCUT2D eigenvalue weighted by Gasteiger charge is 2.20. The molecule has 0 amide bonds. The van der Waals surface area contributed by atoms with Gasteiger partial charge in [-0.15, -0.1) is 0 Å². The van der Waals surface area contributed by atoms with E-state index in [9.17, 15) is 0 Å². The summed E-state index contributed by atoms with van der Waals surface area (Å²) in [5.41, 5.74) is 0. The molecule has 102 valence electrons. The van der Waals surface area contributed by atoms with Crippen LogP contribution in [0.25, 0.3) is 0 Å². The molecule has 1 aromatic rings. The zero-order valence-electron chi connectivity index (χ0n) is 11.6. The van der Waals surface area contributed by atoms with Gasteiger partial charge in [0.15, 0.2) is 0 Å². The third kappa shape index (κ3) is 3.42. The monoisotopic (exact) mass is 268 g/mol. The van der Waals surface area contributed by atoms with E-state index in [-0.39, 0.29) is 0 Å². The van der Waals surface area contributed by atoms with Gasteiger partial charge in [0, 0.05) is 36.6 Å². The van der Waals surface area contributed by atoms with Crippen LogP contribution in [0.1, 0.15) is 51.8 Å². The molecule has 0 bridgehead atoms. The number of rotatable bonds is 6. The number of hydrogen-bond acceptors (Lipinski definition) is 5. The minimum absolute atomic E-state index is 0.420. The minimum Gasteiger partial charge on any atom is -0.345 e. The fraction of sp³-hybridized carbons (Fsp3) is 0.846. The molecule has 1 fully saturated rings. The van der Waals surface area contributed by atoms with Gasteiger partial charge in [-0.2, -0.15) is 4.37 Å². The highest BCUT2D eigenvalue weighted by molar-refractivity contribution is 7.09. The molecule has 4 nitrogen and oxygen atoms in total. The van der Waals surface area contributed by atoms with Crippen LogP contribution in [0.5, 0.6) is 0 Å². The summed E-state index contributed by atoms with van der Waals surface area (Å²) in [6.07, 6.45) is 3.75. The van der Waals surface area contributed by atoms with Gasteiger partial charge >= 0.3 is 0 Å². The van der Waals surface area contributed by atoms with E-state index in [1.54, 1.807) is 11.5 Å². The Hall–Kier alpha value is -0.680. The van der Waals surface area contributed by atoms with E-state index >= 15 is 0 Å². The third-order valence-electron chi connectivity index (χ3n) is 3.31. The molecule has 2 heterocycles. The van der Waals surface area contributed by atoms with Crippen molar-refractivity contribution in [2.24, 2.45) is 0 Å². The molecule has 0 spiro atoms. The highest BCUT2D eigenvalue weighted by Crippen LogP contribution is 2.22. The Morgan fingerprint density at radius 3 is 2.89 bits per heavy atom. The average Bonchev–Trinajstić information content (AvgIpc) is 2.99. The van der Waals surface area contributed by atoms with E-state index in [0.717, 1.165) is 37.0 Å². The molecule has 0 radical (unpaired) electrons. The van der Waals surface area contributed by atoms with Gasteiger partial charge in [-0.1, -0.05) is 20.8 Å². The summed E-state index contributed by atoms with van der Waals surface area (Å²) in [5.74, 6) is 1.40. The van der Waals surface area contributed by atoms with Crippen LogP contribution in [0.15, 0.2) is 0 Å². The Labute approximate surface area is 114 Å². The molecule has 0 aliphatic carbocycles. The fourth-order valence-electron chi connectivity index (χ4n) is 2.30. The van der Waals surface area contributed by atoms with E-state index in [1.165, 1.54) is 12.8 Å². The van der Waals surface area contributed by atoms with Crippen molar-refractivity contribution < 1.29 is 0 Å². The number of aromatic nitrogens is 2. The molecule has 1 saturated heterocycles. The lowest BCUT2D eigenvalue weighted by atomic mass is 10.2. The zero-order valence-corrected chi connectivity index (χ0v) is 12.5. The molecular formula is C13H24N4S. The summed E-state index contributed by atoms with van der Waals surface area (Å²) < 4.78 is 4.46. The van der Waals surface area contributed by atoms with Crippen LogP contribution < -0.4 is 10.2 Å². The predicted octanol–water partition coefficient (Wildman–Crippen LogP) is 2.63. The van der Waals surface area contributed by atoms with Crippen LogP contribution in [0.3, 0.4) is 0 Å². The largest absolute Gasteiger partial charge is 0.345 e. The number of anilines is 1. The number of nitrogens with zero attached hydrogens (tertiary/aromatic N) is 3. The van der Waals surface area contributed by atoms with Crippen molar-refractivity contribution in [3.8, 4) is 0 Å². The first-order valence-electron chi connectivity index (χ1n) is 7.02. The SMILES string of the molecule is CCCN(CC1CCCN1)c1nc(C(C)C)ns1. The standard InChI is InChI=1S/C13H24N4S/c1-4-8-17(9-11-6-5-7-14-11)13-15-12(10(2)3)16-18-13/h10-11,14H,4-9H2,1-3H3. The molecule has 1 unspecified atom stereocenters. The molecule has 18 heavy (non-hydrogen) atoms. The molecule has 1 aliphatic heterocycles. The summed E-state index contributed by atoms with van der Waals surface area (Å²) in [6.45, 7) is 9.83. The second-order valence-corrected chi connectivity index (χ2v) is 6.06. The van der Waals surface area contributed by atoms with Gasteiger partial charge in [-0.05, 0) is 25.8 Å². The van der Waals surface area contributed by atoms with Crippen molar-refractivity contribution in [2.45, 2.75) is 52.0 Å². The molecule has 1 aliphatic rings. The average molecular weight is 268 g/mol. The van der Waals surface area contributed by atoms with Crippen LogP contribution >= 0.6 is 11.5 Å². The quantitative estimate of drug-likeness (QED) is 0.861. The molecule has 2 rings (SSSR count). The molecule has 5 heteroatoms. The van der Waals surface area contributed by atoms with Crippen LogP contribution in [-0.4, -0.2) is 35.0 Å². The van der Waals surface area contributed by atoms with E-state index in [2.05, 4.69) is 40.3 Å². The molecule has 0 saturated carbocycles. The van der Waals surface area contributed by atoms with Gasteiger partial charge in [-0.25, -0.2) is 4.98 Å². The maximum Gasteiger partial charge on any atom is 0.205 e. The van der Waals surface area contributed by atoms with Crippen molar-refractivity contribution in [1.29, 1.82) is 0 Å². The number of hydrogen-bond donors (Lipinski definition) is 1. The van der Waals surface area contributed by atoms with Crippen molar-refractivity contribution in [3.63, 3.8) is 0 Å². The first kappa shape index (κ1) is 13.7. The molecule has 1 atom stereocenters. The summed E-state index contributed by atoms with van der Waals surface area (Å²) in [5, 5.41) is 4.65. The second kappa shape index (κ2) is 6.48. The summed E-state index contributed by atoms with van der Waals surface area (Å²) >= 11 is 1.55. The molecule has 0 aromatic carbocycles. The van der Waals surface area contributed by atoms with Gasteiger partial charge in [-0.3, -0.25) is 0 Å². The maximum absolute atomic E-state index is 4.68.